The number of nitrogens with two attached hydrogens (primary N) is 1. The molecule has 86 valence electrons. The summed E-state index contributed by atoms with van der Waals surface area (Å²) in [6.45, 7) is 3.11. The summed E-state index contributed by atoms with van der Waals surface area (Å²) in [6, 6.07) is 0. The Kier molecular flexibility index (Phi) is 2.92. The van der Waals surface area contributed by atoms with Gasteiger partial charge in [0.05, 0.1) is 19.2 Å². The Morgan fingerprint density at radius 1 is 1.40 bits per heavy atom. The SMILES string of the molecule is CC(C)(Cn1ncc(N)n1)CC(F)(F)F. The van der Waals surface area contributed by atoms with Crippen LogP contribution in [0.5, 0.6) is 0 Å². The maximum atomic E-state index is 12.2. The molecular formula is C8H13F3N4. The van der Waals surface area contributed by atoms with Crippen molar-refractivity contribution in [3.05, 3.63) is 6.20 Å². The van der Waals surface area contributed by atoms with Crippen LogP contribution in [-0.4, -0.2) is 21.2 Å². The average molecular weight is 222 g/mol. The molecule has 0 radical (unpaired) electrons. The van der Waals surface area contributed by atoms with Gasteiger partial charge in [0.25, 0.3) is 0 Å². The first kappa shape index (κ1) is 11.8. The summed E-state index contributed by atoms with van der Waals surface area (Å²) in [7, 11) is 0. The van der Waals surface area contributed by atoms with Gasteiger partial charge in [0.1, 0.15) is 0 Å². The highest BCUT2D eigenvalue weighted by Crippen LogP contribution is 2.33. The van der Waals surface area contributed by atoms with Crippen molar-refractivity contribution < 1.29 is 13.2 Å². The van der Waals surface area contributed by atoms with Crippen LogP contribution in [0.1, 0.15) is 20.3 Å². The van der Waals surface area contributed by atoms with Crippen molar-refractivity contribution in [1.82, 2.24) is 15.0 Å². The Bertz CT molecular complexity index is 329. The number of nitrogens with zero attached hydrogens (tertiary/aromatic N) is 3. The maximum Gasteiger partial charge on any atom is 0.389 e. The lowest BCUT2D eigenvalue weighted by Gasteiger charge is -2.24. The summed E-state index contributed by atoms with van der Waals surface area (Å²) in [6.07, 6.45) is -3.74. The molecule has 2 N–H and O–H groups in total. The zero-order chi connectivity index (χ0) is 11.7. The molecule has 1 aromatic rings. The van der Waals surface area contributed by atoms with E-state index in [9.17, 15) is 13.2 Å². The quantitative estimate of drug-likeness (QED) is 0.848. The molecule has 0 amide bonds. The van der Waals surface area contributed by atoms with E-state index in [1.807, 2.05) is 0 Å². The van der Waals surface area contributed by atoms with Crippen molar-refractivity contribution in [1.29, 1.82) is 0 Å². The van der Waals surface area contributed by atoms with E-state index in [0.717, 1.165) is 0 Å². The van der Waals surface area contributed by atoms with Gasteiger partial charge < -0.3 is 5.73 Å². The van der Waals surface area contributed by atoms with Crippen LogP contribution in [0.4, 0.5) is 19.0 Å². The van der Waals surface area contributed by atoms with Crippen LogP contribution in [0.15, 0.2) is 6.20 Å². The molecule has 0 aliphatic heterocycles. The molecule has 0 bridgehead atoms. The molecule has 1 heterocycles. The second-order valence-corrected chi connectivity index (χ2v) is 4.26. The van der Waals surface area contributed by atoms with Gasteiger partial charge in [-0.25, -0.2) is 0 Å². The summed E-state index contributed by atoms with van der Waals surface area (Å²) in [4.78, 5) is 1.18. The van der Waals surface area contributed by atoms with E-state index in [0.29, 0.717) is 0 Å². The number of rotatable bonds is 3. The summed E-state index contributed by atoms with van der Waals surface area (Å²) < 4.78 is 36.6. The van der Waals surface area contributed by atoms with Gasteiger partial charge in [0.15, 0.2) is 5.82 Å². The van der Waals surface area contributed by atoms with Crippen molar-refractivity contribution in [2.45, 2.75) is 33.0 Å². The third-order valence-corrected chi connectivity index (χ3v) is 1.80. The minimum Gasteiger partial charge on any atom is -0.381 e. The molecule has 4 nitrogen and oxygen atoms in total. The fourth-order valence-electron chi connectivity index (χ4n) is 1.37. The zero-order valence-electron chi connectivity index (χ0n) is 8.54. The first-order chi connectivity index (χ1) is 6.68. The molecule has 1 aromatic heterocycles. The van der Waals surface area contributed by atoms with Gasteiger partial charge in [-0.05, 0) is 5.41 Å². The Morgan fingerprint density at radius 2 is 2.00 bits per heavy atom. The molecule has 15 heavy (non-hydrogen) atoms. The number of anilines is 1. The smallest absolute Gasteiger partial charge is 0.381 e. The Labute approximate surface area is 85.3 Å². The van der Waals surface area contributed by atoms with E-state index < -0.39 is 18.0 Å². The third kappa shape index (κ3) is 4.18. The van der Waals surface area contributed by atoms with Gasteiger partial charge >= 0.3 is 6.18 Å². The number of hydrogen-bond acceptors (Lipinski definition) is 3. The molecule has 0 aliphatic carbocycles. The maximum absolute atomic E-state index is 12.2. The highest BCUT2D eigenvalue weighted by molar-refractivity contribution is 5.19. The molecule has 0 spiro atoms. The number of halogens is 3. The van der Waals surface area contributed by atoms with Gasteiger partial charge in [0.2, 0.25) is 0 Å². The number of nitrogen functional groups attached to an aromatic ring is 1. The number of aromatic nitrogens is 3. The van der Waals surface area contributed by atoms with Gasteiger partial charge in [-0.3, -0.25) is 0 Å². The fourth-order valence-corrected chi connectivity index (χ4v) is 1.37. The predicted octanol–water partition coefficient (Wildman–Crippen LogP) is 1.84. The van der Waals surface area contributed by atoms with Gasteiger partial charge in [-0.15, -0.1) is 5.10 Å². The minimum atomic E-state index is -4.18. The minimum absolute atomic E-state index is 0.0870. The number of alkyl halides is 3. The molecule has 0 aliphatic rings. The van der Waals surface area contributed by atoms with E-state index in [-0.39, 0.29) is 12.4 Å². The van der Waals surface area contributed by atoms with Crippen LogP contribution < -0.4 is 5.73 Å². The normalized spacial score (nSPS) is 13.1. The predicted molar refractivity (Wildman–Crippen MR) is 48.9 cm³/mol. The Hall–Kier alpha value is -1.27. The van der Waals surface area contributed by atoms with E-state index in [1.54, 1.807) is 0 Å². The molecular weight excluding hydrogens is 209 g/mol. The van der Waals surface area contributed by atoms with Crippen molar-refractivity contribution in [3.8, 4) is 0 Å². The Morgan fingerprint density at radius 3 is 2.40 bits per heavy atom. The van der Waals surface area contributed by atoms with Gasteiger partial charge in [-0.2, -0.15) is 23.1 Å². The van der Waals surface area contributed by atoms with Gasteiger partial charge in [0, 0.05) is 0 Å². The largest absolute Gasteiger partial charge is 0.389 e. The van der Waals surface area contributed by atoms with Gasteiger partial charge in [-0.1, -0.05) is 13.8 Å². The molecule has 0 unspecified atom stereocenters. The molecule has 1 rings (SSSR count). The molecule has 0 atom stereocenters. The van der Waals surface area contributed by atoms with E-state index in [2.05, 4.69) is 10.2 Å². The highest BCUT2D eigenvalue weighted by atomic mass is 19.4. The average Bonchev–Trinajstić information content (AvgIpc) is 2.27. The van der Waals surface area contributed by atoms with Crippen LogP contribution in [0.25, 0.3) is 0 Å². The zero-order valence-corrected chi connectivity index (χ0v) is 8.54. The first-order valence-corrected chi connectivity index (χ1v) is 4.40. The molecule has 0 fully saturated rings. The van der Waals surface area contributed by atoms with Crippen LogP contribution in [0, 0.1) is 5.41 Å². The summed E-state index contributed by atoms with van der Waals surface area (Å²) in [5, 5.41) is 7.49. The van der Waals surface area contributed by atoms with E-state index in [1.165, 1.54) is 24.8 Å². The molecule has 0 aromatic carbocycles. The topological polar surface area (TPSA) is 56.7 Å². The monoisotopic (exact) mass is 222 g/mol. The van der Waals surface area contributed by atoms with E-state index in [4.69, 9.17) is 5.73 Å². The second kappa shape index (κ2) is 3.71. The molecule has 0 saturated carbocycles. The highest BCUT2D eigenvalue weighted by Gasteiger charge is 2.37. The molecule has 7 heteroatoms. The lowest BCUT2D eigenvalue weighted by Crippen LogP contribution is -2.28. The molecule has 0 saturated heterocycles. The van der Waals surface area contributed by atoms with Crippen molar-refractivity contribution >= 4 is 5.82 Å². The second-order valence-electron chi connectivity index (χ2n) is 4.26. The standard InChI is InChI=1S/C8H13F3N4/c1-7(2,4-8(9,10)11)5-15-13-3-6(12)14-15/h3H,4-5H2,1-2H3,(H2,12,14). The third-order valence-electron chi connectivity index (χ3n) is 1.80. The van der Waals surface area contributed by atoms with Crippen LogP contribution >= 0.6 is 0 Å². The Balaban J connectivity index is 2.64. The van der Waals surface area contributed by atoms with Crippen molar-refractivity contribution in [3.63, 3.8) is 0 Å². The fraction of sp³-hybridized carbons (Fsp3) is 0.750. The van der Waals surface area contributed by atoms with Crippen LogP contribution in [0.2, 0.25) is 0 Å². The summed E-state index contributed by atoms with van der Waals surface area (Å²) >= 11 is 0. The van der Waals surface area contributed by atoms with Crippen molar-refractivity contribution in [2.24, 2.45) is 5.41 Å². The summed E-state index contributed by atoms with van der Waals surface area (Å²) in [5.74, 6) is 0.206. The van der Waals surface area contributed by atoms with E-state index >= 15 is 0 Å². The first-order valence-electron chi connectivity index (χ1n) is 4.40. The lowest BCUT2D eigenvalue weighted by atomic mass is 9.89. The van der Waals surface area contributed by atoms with Crippen LogP contribution in [-0.2, 0) is 6.54 Å². The summed E-state index contributed by atoms with van der Waals surface area (Å²) in [5.41, 5.74) is 4.37. The number of hydrogen-bond donors (Lipinski definition) is 1. The lowest BCUT2D eigenvalue weighted by molar-refractivity contribution is -0.156. The van der Waals surface area contributed by atoms with Crippen molar-refractivity contribution in [2.75, 3.05) is 5.73 Å². The van der Waals surface area contributed by atoms with Crippen LogP contribution in [0.3, 0.4) is 0 Å².